The molecule has 2 rings (SSSR count). The molecule has 2 bridgehead atoms. The zero-order valence-corrected chi connectivity index (χ0v) is 8.91. The Balaban J connectivity index is 2.44. The minimum absolute atomic E-state index is 0.00123. The lowest BCUT2D eigenvalue weighted by atomic mass is 9.71. The fourth-order valence-electron chi connectivity index (χ4n) is 3.37. The average Bonchev–Trinajstić information content (AvgIpc) is 2.49. The maximum absolute atomic E-state index is 10.5. The van der Waals surface area contributed by atoms with E-state index in [1.807, 2.05) is 0 Å². The molecule has 0 N–H and O–H groups in total. The lowest BCUT2D eigenvalue weighted by Gasteiger charge is -2.32. The normalized spacial score (nSPS) is 41.9. The van der Waals surface area contributed by atoms with Gasteiger partial charge in [0.2, 0.25) is 0 Å². The Bertz CT molecular complexity index is 315. The van der Waals surface area contributed by atoms with Gasteiger partial charge in [-0.3, -0.25) is 0 Å². The summed E-state index contributed by atoms with van der Waals surface area (Å²) >= 11 is 0. The van der Waals surface area contributed by atoms with Crippen LogP contribution in [0.2, 0.25) is 0 Å². The minimum atomic E-state index is -0.539. The number of hydrogen-bond acceptors (Lipinski definition) is 2. The van der Waals surface area contributed by atoms with E-state index < -0.39 is 5.03 Å². The molecule has 2 fully saturated rings. The molecule has 4 nitrogen and oxygen atoms in total. The van der Waals surface area contributed by atoms with Gasteiger partial charge in [0.05, 0.1) is 5.10 Å². The zero-order valence-electron chi connectivity index (χ0n) is 8.91. The lowest BCUT2D eigenvalue weighted by molar-refractivity contribution is -0.485. The molecule has 0 aromatic heterocycles. The van der Waals surface area contributed by atoms with E-state index in [4.69, 9.17) is 0 Å². The molecule has 0 aliphatic heterocycles. The SMILES string of the molecule is CC12CCC(C1)C(C)(C)C2=N[N+](=O)[O-]. The topological polar surface area (TPSA) is 55.5 Å². The predicted octanol–water partition coefficient (Wildman–Crippen LogP) is 2.47. The van der Waals surface area contributed by atoms with E-state index in [0.717, 1.165) is 18.6 Å². The monoisotopic (exact) mass is 196 g/mol. The van der Waals surface area contributed by atoms with Crippen LogP contribution in [0.15, 0.2) is 5.10 Å². The molecule has 4 heteroatoms. The second kappa shape index (κ2) is 2.55. The molecule has 0 radical (unpaired) electrons. The van der Waals surface area contributed by atoms with Gasteiger partial charge in [-0.15, -0.1) is 0 Å². The van der Waals surface area contributed by atoms with E-state index in [-0.39, 0.29) is 10.8 Å². The van der Waals surface area contributed by atoms with Crippen LogP contribution in [0, 0.1) is 26.9 Å². The van der Waals surface area contributed by atoms with Gasteiger partial charge in [-0.2, -0.15) is 0 Å². The van der Waals surface area contributed by atoms with Gasteiger partial charge in [0.25, 0.3) is 0 Å². The molecule has 0 amide bonds. The van der Waals surface area contributed by atoms with Gasteiger partial charge >= 0.3 is 0 Å². The lowest BCUT2D eigenvalue weighted by Crippen LogP contribution is -2.36. The fourth-order valence-corrected chi connectivity index (χ4v) is 3.37. The summed E-state index contributed by atoms with van der Waals surface area (Å²) < 4.78 is 0. The van der Waals surface area contributed by atoms with Crippen molar-refractivity contribution in [2.24, 2.45) is 21.8 Å². The van der Waals surface area contributed by atoms with Crippen LogP contribution in [0.4, 0.5) is 0 Å². The number of hydrogen-bond donors (Lipinski definition) is 0. The van der Waals surface area contributed by atoms with Crippen molar-refractivity contribution < 1.29 is 5.03 Å². The molecular weight excluding hydrogens is 180 g/mol. The van der Waals surface area contributed by atoms with Crippen LogP contribution >= 0.6 is 0 Å². The average molecular weight is 196 g/mol. The number of nitro groups is 1. The molecule has 2 aliphatic rings. The smallest absolute Gasteiger partial charge is 0.190 e. The van der Waals surface area contributed by atoms with E-state index in [0.29, 0.717) is 5.92 Å². The minimum Gasteiger partial charge on any atom is -0.233 e. The van der Waals surface area contributed by atoms with Crippen LogP contribution in [-0.2, 0) is 0 Å². The van der Waals surface area contributed by atoms with E-state index in [9.17, 15) is 10.1 Å². The molecular formula is C10H16N2O2. The molecule has 2 unspecified atom stereocenters. The second-order valence-electron chi connectivity index (χ2n) is 5.41. The first-order valence-corrected chi connectivity index (χ1v) is 5.10. The Morgan fingerprint density at radius 2 is 2.14 bits per heavy atom. The Kier molecular flexibility index (Phi) is 1.75. The van der Waals surface area contributed by atoms with Gasteiger partial charge in [-0.25, -0.2) is 10.1 Å². The third-order valence-corrected chi connectivity index (χ3v) is 4.13. The van der Waals surface area contributed by atoms with E-state index in [1.165, 1.54) is 6.42 Å². The van der Waals surface area contributed by atoms with Gasteiger partial charge in [0.1, 0.15) is 5.71 Å². The first kappa shape index (κ1) is 9.62. The first-order valence-electron chi connectivity index (χ1n) is 5.10. The third kappa shape index (κ3) is 1.09. The molecule has 0 saturated heterocycles. The fraction of sp³-hybridized carbons (Fsp3) is 0.900. The number of nitrogens with zero attached hydrogens (tertiary/aromatic N) is 2. The van der Waals surface area contributed by atoms with Crippen LogP contribution in [0.3, 0.4) is 0 Å². The largest absolute Gasteiger partial charge is 0.233 e. The Morgan fingerprint density at radius 3 is 2.57 bits per heavy atom. The van der Waals surface area contributed by atoms with E-state index in [2.05, 4.69) is 25.9 Å². The standard InChI is InChI=1S/C10H16N2O2/c1-9(2)7-4-5-10(3,6-7)8(9)11-12(13)14/h7H,4-6H2,1-3H3. The molecule has 2 atom stereocenters. The van der Waals surface area contributed by atoms with Crippen molar-refractivity contribution in [3.8, 4) is 0 Å². The Labute approximate surface area is 83.5 Å². The van der Waals surface area contributed by atoms with E-state index in [1.54, 1.807) is 0 Å². The summed E-state index contributed by atoms with van der Waals surface area (Å²) in [6, 6.07) is 0. The summed E-state index contributed by atoms with van der Waals surface area (Å²) in [5.41, 5.74) is 0.743. The van der Waals surface area contributed by atoms with Gasteiger partial charge in [0, 0.05) is 10.8 Å². The second-order valence-corrected chi connectivity index (χ2v) is 5.41. The molecule has 0 heterocycles. The Morgan fingerprint density at radius 1 is 1.50 bits per heavy atom. The van der Waals surface area contributed by atoms with Crippen molar-refractivity contribution in [2.45, 2.75) is 40.0 Å². The molecule has 0 aromatic rings. The van der Waals surface area contributed by atoms with Crippen molar-refractivity contribution in [1.82, 2.24) is 0 Å². The quantitative estimate of drug-likeness (QED) is 0.478. The van der Waals surface area contributed by atoms with Crippen molar-refractivity contribution in [3.63, 3.8) is 0 Å². The van der Waals surface area contributed by atoms with Gasteiger partial charge in [-0.1, -0.05) is 20.8 Å². The summed E-state index contributed by atoms with van der Waals surface area (Å²) in [5.74, 6) is 0.589. The van der Waals surface area contributed by atoms with Crippen LogP contribution in [0.5, 0.6) is 0 Å². The predicted molar refractivity (Wildman–Crippen MR) is 53.7 cm³/mol. The summed E-state index contributed by atoms with van der Waals surface area (Å²) in [4.78, 5) is 10.5. The van der Waals surface area contributed by atoms with Crippen LogP contribution in [0.25, 0.3) is 0 Å². The van der Waals surface area contributed by atoms with Crippen molar-refractivity contribution >= 4 is 5.71 Å². The van der Waals surface area contributed by atoms with E-state index >= 15 is 0 Å². The highest BCUT2D eigenvalue weighted by atomic mass is 16.7. The zero-order chi connectivity index (χ0) is 10.6. The third-order valence-electron chi connectivity index (χ3n) is 4.13. The van der Waals surface area contributed by atoms with Gasteiger partial charge in [-0.05, 0) is 25.2 Å². The summed E-state index contributed by atoms with van der Waals surface area (Å²) in [5, 5.41) is 13.6. The number of rotatable bonds is 1. The van der Waals surface area contributed by atoms with Crippen LogP contribution in [-0.4, -0.2) is 10.7 Å². The number of hydrazone groups is 1. The van der Waals surface area contributed by atoms with Gasteiger partial charge in [0.15, 0.2) is 5.03 Å². The van der Waals surface area contributed by atoms with Crippen LogP contribution in [0.1, 0.15) is 40.0 Å². The maximum Gasteiger partial charge on any atom is 0.190 e. The summed E-state index contributed by atoms with van der Waals surface area (Å²) in [6.07, 6.45) is 3.33. The summed E-state index contributed by atoms with van der Waals surface area (Å²) in [6.45, 7) is 6.29. The molecule has 0 aromatic carbocycles. The molecule has 2 aliphatic carbocycles. The van der Waals surface area contributed by atoms with Gasteiger partial charge < -0.3 is 0 Å². The molecule has 2 saturated carbocycles. The molecule has 14 heavy (non-hydrogen) atoms. The highest BCUT2D eigenvalue weighted by molar-refractivity contribution is 5.97. The van der Waals surface area contributed by atoms with Crippen molar-refractivity contribution in [3.05, 3.63) is 10.1 Å². The first-order chi connectivity index (χ1) is 6.36. The Hall–Kier alpha value is -0.930. The maximum atomic E-state index is 10.5. The van der Waals surface area contributed by atoms with Crippen LogP contribution < -0.4 is 0 Å². The number of fused-ring (bicyclic) bond motifs is 2. The molecule has 0 spiro atoms. The highest BCUT2D eigenvalue weighted by Crippen LogP contribution is 2.60. The van der Waals surface area contributed by atoms with Crippen molar-refractivity contribution in [1.29, 1.82) is 0 Å². The van der Waals surface area contributed by atoms with Crippen molar-refractivity contribution in [2.75, 3.05) is 0 Å². The summed E-state index contributed by atoms with van der Waals surface area (Å²) in [7, 11) is 0. The highest BCUT2D eigenvalue weighted by Gasteiger charge is 2.58. The molecule has 78 valence electrons.